The molecule has 2 aliphatic rings. The molecule has 5 nitrogen and oxygen atoms in total. The number of fused-ring (bicyclic) bond motifs is 1. The summed E-state index contributed by atoms with van der Waals surface area (Å²) in [5, 5.41) is 3.20. The highest BCUT2D eigenvalue weighted by atomic mass is 35.5. The van der Waals surface area contributed by atoms with Crippen molar-refractivity contribution in [1.29, 1.82) is 0 Å². The zero-order valence-corrected chi connectivity index (χ0v) is 13.2. The maximum atomic E-state index is 12.3. The first-order chi connectivity index (χ1) is 9.65. The Hall–Kier alpha value is -1.08. The SMILES string of the molecule is Cl.O=S(=O)(NCC1=CCNCC1)c1ccc2c(c1)CCO2. The maximum Gasteiger partial charge on any atom is 0.240 e. The quantitative estimate of drug-likeness (QED) is 0.815. The van der Waals surface area contributed by atoms with Gasteiger partial charge in [-0.2, -0.15) is 0 Å². The lowest BCUT2D eigenvalue weighted by Gasteiger charge is -2.15. The number of hydrogen-bond acceptors (Lipinski definition) is 4. The van der Waals surface area contributed by atoms with E-state index in [2.05, 4.69) is 10.0 Å². The molecule has 0 bridgehead atoms. The van der Waals surface area contributed by atoms with Gasteiger partial charge in [-0.05, 0) is 36.7 Å². The molecule has 21 heavy (non-hydrogen) atoms. The Bertz CT molecular complexity index is 644. The predicted octanol–water partition coefficient (Wildman–Crippen LogP) is 1.24. The minimum Gasteiger partial charge on any atom is -0.493 e. The summed E-state index contributed by atoms with van der Waals surface area (Å²) in [5.74, 6) is 0.796. The van der Waals surface area contributed by atoms with Crippen LogP contribution in [0.3, 0.4) is 0 Å². The van der Waals surface area contributed by atoms with E-state index in [0.717, 1.165) is 42.8 Å². The van der Waals surface area contributed by atoms with Crippen LogP contribution in [0.15, 0.2) is 34.7 Å². The van der Waals surface area contributed by atoms with Gasteiger partial charge >= 0.3 is 0 Å². The Balaban J connectivity index is 0.00000161. The van der Waals surface area contributed by atoms with Crippen LogP contribution in [0.5, 0.6) is 5.75 Å². The lowest BCUT2D eigenvalue weighted by Crippen LogP contribution is -2.29. The Labute approximate surface area is 131 Å². The molecule has 0 radical (unpaired) electrons. The molecule has 0 atom stereocenters. The Morgan fingerprint density at radius 1 is 1.29 bits per heavy atom. The van der Waals surface area contributed by atoms with E-state index in [1.54, 1.807) is 18.2 Å². The zero-order valence-electron chi connectivity index (χ0n) is 11.6. The second-order valence-corrected chi connectivity index (χ2v) is 6.78. The fourth-order valence-corrected chi connectivity index (χ4v) is 3.52. The topological polar surface area (TPSA) is 67.4 Å². The smallest absolute Gasteiger partial charge is 0.240 e. The minimum absolute atomic E-state index is 0. The molecule has 7 heteroatoms. The van der Waals surface area contributed by atoms with Gasteiger partial charge in [0.05, 0.1) is 11.5 Å². The number of benzene rings is 1. The molecule has 0 saturated carbocycles. The largest absolute Gasteiger partial charge is 0.493 e. The summed E-state index contributed by atoms with van der Waals surface area (Å²) >= 11 is 0. The second-order valence-electron chi connectivity index (χ2n) is 5.01. The molecule has 0 amide bonds. The van der Waals surface area contributed by atoms with Crippen LogP contribution in [0, 0.1) is 0 Å². The summed E-state index contributed by atoms with van der Waals surface area (Å²) in [5.41, 5.74) is 2.10. The number of ether oxygens (including phenoxy) is 1. The fraction of sp³-hybridized carbons (Fsp3) is 0.429. The highest BCUT2D eigenvalue weighted by Gasteiger charge is 2.19. The molecule has 1 aromatic carbocycles. The first-order valence-electron chi connectivity index (χ1n) is 6.79. The molecule has 2 aliphatic heterocycles. The summed E-state index contributed by atoms with van der Waals surface area (Å²) in [6.45, 7) is 2.74. The summed E-state index contributed by atoms with van der Waals surface area (Å²) in [6.07, 6.45) is 3.71. The van der Waals surface area contributed by atoms with E-state index < -0.39 is 10.0 Å². The molecule has 0 saturated heterocycles. The highest BCUT2D eigenvalue weighted by Crippen LogP contribution is 2.27. The number of sulfonamides is 1. The third-order valence-electron chi connectivity index (χ3n) is 3.62. The van der Waals surface area contributed by atoms with Crippen molar-refractivity contribution in [2.75, 3.05) is 26.2 Å². The van der Waals surface area contributed by atoms with Crippen LogP contribution >= 0.6 is 12.4 Å². The van der Waals surface area contributed by atoms with Gasteiger partial charge in [0.15, 0.2) is 0 Å². The van der Waals surface area contributed by atoms with Gasteiger partial charge in [-0.1, -0.05) is 11.6 Å². The number of hydrogen-bond donors (Lipinski definition) is 2. The van der Waals surface area contributed by atoms with Gasteiger partial charge in [0.2, 0.25) is 10.0 Å². The molecule has 0 fully saturated rings. The standard InChI is InChI=1S/C14H18N2O3S.ClH/c17-20(18,16-10-11-3-6-15-7-4-11)13-1-2-14-12(9-13)5-8-19-14;/h1-3,9,15-16H,4-8,10H2;1H. The lowest BCUT2D eigenvalue weighted by atomic mass is 10.1. The third-order valence-corrected chi connectivity index (χ3v) is 5.02. The van der Waals surface area contributed by atoms with Crippen LogP contribution in [0.2, 0.25) is 0 Å². The van der Waals surface area contributed by atoms with Gasteiger partial charge in [-0.25, -0.2) is 13.1 Å². The van der Waals surface area contributed by atoms with E-state index in [-0.39, 0.29) is 12.4 Å². The highest BCUT2D eigenvalue weighted by molar-refractivity contribution is 7.89. The summed E-state index contributed by atoms with van der Waals surface area (Å²) in [6, 6.07) is 5.05. The number of rotatable bonds is 4. The van der Waals surface area contributed by atoms with E-state index in [1.165, 1.54) is 0 Å². The van der Waals surface area contributed by atoms with E-state index in [1.807, 2.05) is 6.08 Å². The summed E-state index contributed by atoms with van der Waals surface area (Å²) in [7, 11) is -3.45. The number of halogens is 1. The Morgan fingerprint density at radius 3 is 2.90 bits per heavy atom. The molecule has 3 rings (SSSR count). The third kappa shape index (κ3) is 3.77. The lowest BCUT2D eigenvalue weighted by molar-refractivity contribution is 0.356. The molecule has 0 aromatic heterocycles. The van der Waals surface area contributed by atoms with Crippen LogP contribution in [-0.2, 0) is 16.4 Å². The Kier molecular flexibility index (Phi) is 5.27. The summed E-state index contributed by atoms with van der Waals surface area (Å²) < 4.78 is 32.6. The molecule has 2 N–H and O–H groups in total. The van der Waals surface area contributed by atoms with Crippen LogP contribution in [0.4, 0.5) is 0 Å². The van der Waals surface area contributed by atoms with Crippen LogP contribution < -0.4 is 14.8 Å². The summed E-state index contributed by atoms with van der Waals surface area (Å²) in [4.78, 5) is 0.316. The van der Waals surface area contributed by atoms with Crippen molar-refractivity contribution < 1.29 is 13.2 Å². The predicted molar refractivity (Wildman–Crippen MR) is 83.6 cm³/mol. The van der Waals surface area contributed by atoms with E-state index in [4.69, 9.17) is 4.74 Å². The monoisotopic (exact) mass is 330 g/mol. The van der Waals surface area contributed by atoms with E-state index in [0.29, 0.717) is 18.0 Å². The van der Waals surface area contributed by atoms with Crippen LogP contribution in [0.1, 0.15) is 12.0 Å². The second kappa shape index (κ2) is 6.79. The van der Waals surface area contributed by atoms with Crippen LogP contribution in [-0.4, -0.2) is 34.7 Å². The fourth-order valence-electron chi connectivity index (χ4n) is 2.43. The van der Waals surface area contributed by atoms with Gasteiger partial charge in [0.25, 0.3) is 0 Å². The van der Waals surface area contributed by atoms with Crippen molar-refractivity contribution in [2.24, 2.45) is 0 Å². The van der Waals surface area contributed by atoms with E-state index in [9.17, 15) is 8.42 Å². The minimum atomic E-state index is -3.45. The van der Waals surface area contributed by atoms with E-state index >= 15 is 0 Å². The van der Waals surface area contributed by atoms with Crippen molar-refractivity contribution >= 4 is 22.4 Å². The van der Waals surface area contributed by atoms with Crippen LogP contribution in [0.25, 0.3) is 0 Å². The molecule has 0 unspecified atom stereocenters. The van der Waals surface area contributed by atoms with Crippen molar-refractivity contribution in [3.8, 4) is 5.75 Å². The maximum absolute atomic E-state index is 12.3. The molecule has 0 spiro atoms. The van der Waals surface area contributed by atoms with Gasteiger partial charge in [0.1, 0.15) is 5.75 Å². The zero-order chi connectivity index (χ0) is 14.0. The van der Waals surface area contributed by atoms with Crippen molar-refractivity contribution in [1.82, 2.24) is 10.0 Å². The van der Waals surface area contributed by atoms with Crippen molar-refractivity contribution in [3.63, 3.8) is 0 Å². The van der Waals surface area contributed by atoms with Gasteiger partial charge in [-0.15, -0.1) is 12.4 Å². The molecule has 116 valence electrons. The average Bonchev–Trinajstić information content (AvgIpc) is 2.94. The average molecular weight is 331 g/mol. The van der Waals surface area contributed by atoms with Gasteiger partial charge in [-0.3, -0.25) is 0 Å². The Morgan fingerprint density at radius 2 is 2.14 bits per heavy atom. The van der Waals surface area contributed by atoms with Crippen molar-refractivity contribution in [2.45, 2.75) is 17.7 Å². The molecular formula is C14H19ClN2O3S. The first kappa shape index (κ1) is 16.3. The number of nitrogens with one attached hydrogen (secondary N) is 2. The molecular weight excluding hydrogens is 312 g/mol. The van der Waals surface area contributed by atoms with Gasteiger partial charge in [0, 0.05) is 19.5 Å². The molecule has 1 aromatic rings. The molecule has 0 aliphatic carbocycles. The normalized spacial score (nSPS) is 17.4. The first-order valence-corrected chi connectivity index (χ1v) is 8.27. The van der Waals surface area contributed by atoms with Crippen molar-refractivity contribution in [3.05, 3.63) is 35.4 Å². The van der Waals surface area contributed by atoms with Gasteiger partial charge < -0.3 is 10.1 Å². The molecule has 2 heterocycles.